The highest BCUT2D eigenvalue weighted by Gasteiger charge is 2.37. The number of amides is 4. The Balaban J connectivity index is 1.95. The number of phenols is 1. The van der Waals surface area contributed by atoms with Crippen molar-refractivity contribution in [3.63, 3.8) is 0 Å². The molecule has 5 atom stereocenters. The van der Waals surface area contributed by atoms with Crippen molar-refractivity contribution >= 4 is 35.3 Å². The van der Waals surface area contributed by atoms with E-state index in [1.165, 1.54) is 25.3 Å². The molecular formula is C36H42N6O11. The SMILES string of the molecule is COc1c(O)cc2cc1Oc1ccc(cc1[N+](=O)[O-])C[C@H](NC(=O)[C@H](N)CC(C)C)C(=O)N[C@H](Cc1ccccc1)C(=O)N[C@H]2[C@H](NC(C)=O)C(=O)O. The number of hydrogen-bond acceptors (Lipinski definition) is 11. The number of nitrogens with two attached hydrogens (primary N) is 1. The second-order valence-electron chi connectivity index (χ2n) is 13.0. The van der Waals surface area contributed by atoms with Gasteiger partial charge in [-0.05, 0) is 47.2 Å². The predicted octanol–water partition coefficient (Wildman–Crippen LogP) is 1.99. The minimum atomic E-state index is -1.84. The molecule has 0 saturated heterocycles. The molecule has 17 nitrogen and oxygen atoms in total. The number of nitrogens with zero attached hydrogens (tertiary/aromatic N) is 1. The monoisotopic (exact) mass is 734 g/mol. The van der Waals surface area contributed by atoms with Crippen molar-refractivity contribution in [2.24, 2.45) is 11.7 Å². The highest BCUT2D eigenvalue weighted by molar-refractivity contribution is 5.94. The molecule has 53 heavy (non-hydrogen) atoms. The Morgan fingerprint density at radius 3 is 2.36 bits per heavy atom. The van der Waals surface area contributed by atoms with Crippen LogP contribution in [0.3, 0.4) is 0 Å². The summed E-state index contributed by atoms with van der Waals surface area (Å²) < 4.78 is 11.2. The molecule has 0 radical (unpaired) electrons. The molecule has 0 aromatic heterocycles. The number of nitro benzene ring substituents is 1. The van der Waals surface area contributed by atoms with Crippen molar-refractivity contribution in [1.82, 2.24) is 21.3 Å². The number of phenolic OH excluding ortho intramolecular Hbond substituents is 1. The van der Waals surface area contributed by atoms with Gasteiger partial charge in [0.1, 0.15) is 12.1 Å². The zero-order valence-corrected chi connectivity index (χ0v) is 29.5. The van der Waals surface area contributed by atoms with Gasteiger partial charge in [-0.25, -0.2) is 4.79 Å². The van der Waals surface area contributed by atoms with Crippen LogP contribution in [0.2, 0.25) is 0 Å². The summed E-state index contributed by atoms with van der Waals surface area (Å²) in [5.41, 5.74) is 6.28. The number of aromatic hydroxyl groups is 1. The summed E-state index contributed by atoms with van der Waals surface area (Å²) in [6.45, 7) is 4.79. The number of hydrogen-bond donors (Lipinski definition) is 7. The van der Waals surface area contributed by atoms with E-state index in [-0.39, 0.29) is 53.6 Å². The Morgan fingerprint density at radius 1 is 1.06 bits per heavy atom. The van der Waals surface area contributed by atoms with Crippen LogP contribution in [0, 0.1) is 16.0 Å². The summed E-state index contributed by atoms with van der Waals surface area (Å²) in [6.07, 6.45) is -0.103. The summed E-state index contributed by atoms with van der Waals surface area (Å²) in [6, 6.07) is 7.38. The fourth-order valence-corrected chi connectivity index (χ4v) is 5.90. The number of fused-ring (bicyclic) bond motifs is 9. The maximum Gasteiger partial charge on any atom is 0.328 e. The lowest BCUT2D eigenvalue weighted by molar-refractivity contribution is -0.385. The lowest BCUT2D eigenvalue weighted by atomic mass is 9.96. The molecule has 5 rings (SSSR count). The molecule has 282 valence electrons. The molecule has 0 unspecified atom stereocenters. The standard InChI is InChI=1S/C36H42N6O11/c1-18(2)12-23(37)33(45)39-25-14-21-10-11-28(26(15-21)42(50)51)53-29-17-22(16-27(44)32(29)52-4)30(31(36(48)49)38-19(3)43)41-35(47)24(40-34(25)46)13-20-8-6-5-7-9-20/h5-11,15-18,23-25,30-31,44H,12-14,37H2,1-4H3,(H,38,43)(H,39,45)(H,40,46)(H,41,47)(H,48,49)/t23-,24-,25+,30-,31+/m1/s1. The van der Waals surface area contributed by atoms with Crippen LogP contribution >= 0.6 is 0 Å². The Bertz CT molecular complexity index is 1870. The van der Waals surface area contributed by atoms with E-state index in [1.807, 2.05) is 13.8 Å². The molecule has 2 aliphatic heterocycles. The third-order valence-corrected chi connectivity index (χ3v) is 8.37. The van der Waals surface area contributed by atoms with Crippen molar-refractivity contribution in [2.75, 3.05) is 7.11 Å². The zero-order chi connectivity index (χ0) is 39.0. The maximum absolute atomic E-state index is 14.2. The van der Waals surface area contributed by atoms with Gasteiger partial charge in [0.2, 0.25) is 35.1 Å². The number of methoxy groups -OCH3 is 1. The van der Waals surface area contributed by atoms with E-state index in [9.17, 15) is 44.3 Å². The van der Waals surface area contributed by atoms with Crippen LogP contribution in [0.25, 0.3) is 0 Å². The second-order valence-corrected chi connectivity index (χ2v) is 13.0. The third kappa shape index (κ3) is 10.2. The predicted molar refractivity (Wildman–Crippen MR) is 189 cm³/mol. The first kappa shape index (κ1) is 39.6. The van der Waals surface area contributed by atoms with E-state index in [2.05, 4.69) is 21.3 Å². The number of carbonyl (C=O) groups excluding carboxylic acids is 4. The van der Waals surface area contributed by atoms with Crippen molar-refractivity contribution < 1.29 is 48.6 Å². The van der Waals surface area contributed by atoms with Crippen LogP contribution in [-0.4, -0.2) is 76.0 Å². The number of ether oxygens (including phenoxy) is 2. The second kappa shape index (κ2) is 17.3. The van der Waals surface area contributed by atoms with Crippen molar-refractivity contribution in [2.45, 2.75) is 70.2 Å². The number of aliphatic carboxylic acids is 1. The minimum Gasteiger partial charge on any atom is -0.504 e. The van der Waals surface area contributed by atoms with E-state index in [1.54, 1.807) is 30.3 Å². The lowest BCUT2D eigenvalue weighted by Gasteiger charge is -2.30. The molecule has 3 aromatic rings. The quantitative estimate of drug-likeness (QED) is 0.110. The number of rotatable bonds is 11. The molecule has 2 aliphatic rings. The van der Waals surface area contributed by atoms with Gasteiger partial charge >= 0.3 is 11.7 Å². The first-order valence-electron chi connectivity index (χ1n) is 16.6. The first-order valence-corrected chi connectivity index (χ1v) is 16.6. The van der Waals surface area contributed by atoms with Gasteiger partial charge in [0.15, 0.2) is 17.5 Å². The zero-order valence-electron chi connectivity index (χ0n) is 29.5. The minimum absolute atomic E-state index is 0.0379. The molecule has 8 N–H and O–H groups in total. The van der Waals surface area contributed by atoms with Crippen LogP contribution in [-0.2, 0) is 36.8 Å². The number of nitrogens with one attached hydrogen (secondary N) is 4. The number of carboxylic acid groups (broad SMARTS) is 1. The van der Waals surface area contributed by atoms with Crippen molar-refractivity contribution in [3.05, 3.63) is 87.5 Å². The van der Waals surface area contributed by atoms with Gasteiger partial charge in [-0.2, -0.15) is 0 Å². The van der Waals surface area contributed by atoms with Crippen LogP contribution in [0.4, 0.5) is 5.69 Å². The van der Waals surface area contributed by atoms with Gasteiger partial charge in [0.05, 0.1) is 24.1 Å². The first-order chi connectivity index (χ1) is 25.1. The molecule has 0 spiro atoms. The number of carboxylic acids is 1. The van der Waals surface area contributed by atoms with E-state index >= 15 is 0 Å². The van der Waals surface area contributed by atoms with Crippen LogP contribution in [0.1, 0.15) is 49.9 Å². The number of carbonyl (C=O) groups is 5. The highest BCUT2D eigenvalue weighted by atomic mass is 16.6. The van der Waals surface area contributed by atoms with E-state index in [4.69, 9.17) is 15.2 Å². The van der Waals surface area contributed by atoms with Crippen LogP contribution < -0.4 is 36.5 Å². The average Bonchev–Trinajstić information content (AvgIpc) is 3.08. The van der Waals surface area contributed by atoms with Gasteiger partial charge in [-0.1, -0.05) is 50.2 Å². The van der Waals surface area contributed by atoms with E-state index < -0.39 is 76.2 Å². The Morgan fingerprint density at radius 2 is 1.75 bits per heavy atom. The van der Waals surface area contributed by atoms with Gasteiger partial charge in [0, 0.05) is 25.8 Å². The van der Waals surface area contributed by atoms with Crippen LogP contribution in [0.5, 0.6) is 23.0 Å². The molecular weight excluding hydrogens is 692 g/mol. The molecule has 0 aliphatic carbocycles. The van der Waals surface area contributed by atoms with Crippen molar-refractivity contribution in [3.8, 4) is 23.0 Å². The van der Waals surface area contributed by atoms with Gasteiger partial charge in [-0.15, -0.1) is 0 Å². The smallest absolute Gasteiger partial charge is 0.328 e. The lowest BCUT2D eigenvalue weighted by Crippen LogP contribution is -2.58. The number of nitro groups is 1. The molecule has 0 fully saturated rings. The summed E-state index contributed by atoms with van der Waals surface area (Å²) in [4.78, 5) is 77.9. The van der Waals surface area contributed by atoms with Gasteiger partial charge < -0.3 is 46.7 Å². The van der Waals surface area contributed by atoms with E-state index in [0.29, 0.717) is 5.56 Å². The van der Waals surface area contributed by atoms with Gasteiger partial charge in [-0.3, -0.25) is 29.3 Å². The fourth-order valence-electron chi connectivity index (χ4n) is 5.90. The molecule has 2 heterocycles. The summed E-state index contributed by atoms with van der Waals surface area (Å²) >= 11 is 0. The summed E-state index contributed by atoms with van der Waals surface area (Å²) in [5, 5.41) is 43.7. The molecule has 17 heteroatoms. The Kier molecular flexibility index (Phi) is 12.9. The number of benzene rings is 3. The molecule has 3 aromatic carbocycles. The normalized spacial score (nSPS) is 18.5. The highest BCUT2D eigenvalue weighted by Crippen LogP contribution is 2.44. The third-order valence-electron chi connectivity index (χ3n) is 8.37. The van der Waals surface area contributed by atoms with Crippen LogP contribution in [0.15, 0.2) is 60.7 Å². The maximum atomic E-state index is 14.2. The molecule has 4 amide bonds. The average molecular weight is 735 g/mol. The fraction of sp³-hybridized carbons (Fsp3) is 0.361. The van der Waals surface area contributed by atoms with Gasteiger partial charge in [0.25, 0.3) is 0 Å². The molecule has 4 bridgehead atoms. The largest absolute Gasteiger partial charge is 0.504 e. The van der Waals surface area contributed by atoms with E-state index in [0.717, 1.165) is 19.1 Å². The topological polar surface area (TPSA) is 262 Å². The Hall–Kier alpha value is -6.23. The van der Waals surface area contributed by atoms with Crippen molar-refractivity contribution in [1.29, 1.82) is 0 Å². The summed E-state index contributed by atoms with van der Waals surface area (Å²) in [7, 11) is 1.19. The molecule has 0 saturated carbocycles. The Labute approximate surface area is 304 Å². The summed E-state index contributed by atoms with van der Waals surface area (Å²) in [5.74, 6) is -6.21.